The van der Waals surface area contributed by atoms with Crippen LogP contribution in [0.1, 0.15) is 30.1 Å². The Bertz CT molecular complexity index is 479. The first-order valence-electron chi connectivity index (χ1n) is 5.85. The fourth-order valence-electron chi connectivity index (χ4n) is 1.51. The van der Waals surface area contributed by atoms with Gasteiger partial charge in [-0.1, -0.05) is 6.92 Å². The highest BCUT2D eigenvalue weighted by Crippen LogP contribution is 2.17. The Morgan fingerprint density at radius 1 is 1.47 bits per heavy atom. The number of rotatable bonds is 6. The topological polar surface area (TPSA) is 66.4 Å². The summed E-state index contributed by atoms with van der Waals surface area (Å²) in [6, 6.07) is 3.88. The predicted octanol–water partition coefficient (Wildman–Crippen LogP) is 2.82. The normalized spacial score (nSPS) is 11.9. The van der Waals surface area contributed by atoms with Gasteiger partial charge < -0.3 is 10.4 Å². The molecule has 1 aromatic carbocycles. The summed E-state index contributed by atoms with van der Waals surface area (Å²) in [5, 5.41) is 11.2. The van der Waals surface area contributed by atoms with Crippen LogP contribution < -0.4 is 5.32 Å². The highest BCUT2D eigenvalue weighted by atomic mass is 79.9. The van der Waals surface area contributed by atoms with Crippen molar-refractivity contribution in [2.24, 2.45) is 5.92 Å². The Kier molecular flexibility index (Phi) is 5.95. The van der Waals surface area contributed by atoms with Crippen molar-refractivity contribution in [2.75, 3.05) is 6.54 Å². The fourth-order valence-corrected chi connectivity index (χ4v) is 1.93. The van der Waals surface area contributed by atoms with Crippen molar-refractivity contribution >= 4 is 27.8 Å². The van der Waals surface area contributed by atoms with Crippen LogP contribution in [0.2, 0.25) is 0 Å². The van der Waals surface area contributed by atoms with E-state index in [1.165, 1.54) is 12.1 Å². The van der Waals surface area contributed by atoms with E-state index in [9.17, 15) is 14.0 Å². The van der Waals surface area contributed by atoms with Crippen LogP contribution in [0.5, 0.6) is 0 Å². The molecule has 0 aliphatic carbocycles. The third-order valence-corrected chi connectivity index (χ3v) is 3.33. The van der Waals surface area contributed by atoms with E-state index in [1.807, 2.05) is 6.92 Å². The summed E-state index contributed by atoms with van der Waals surface area (Å²) in [6.45, 7) is 2.21. The zero-order chi connectivity index (χ0) is 14.4. The van der Waals surface area contributed by atoms with E-state index in [1.54, 1.807) is 0 Å². The van der Waals surface area contributed by atoms with Crippen molar-refractivity contribution in [1.82, 2.24) is 5.32 Å². The van der Waals surface area contributed by atoms with Gasteiger partial charge in [0.1, 0.15) is 5.82 Å². The van der Waals surface area contributed by atoms with Gasteiger partial charge in [0.25, 0.3) is 5.91 Å². The molecular weight excluding hydrogens is 317 g/mol. The lowest BCUT2D eigenvalue weighted by Gasteiger charge is -2.12. The van der Waals surface area contributed by atoms with Crippen LogP contribution in [-0.2, 0) is 4.79 Å². The van der Waals surface area contributed by atoms with E-state index >= 15 is 0 Å². The molecule has 1 amide bonds. The lowest BCUT2D eigenvalue weighted by atomic mass is 10.1. The van der Waals surface area contributed by atoms with Crippen molar-refractivity contribution in [3.05, 3.63) is 34.1 Å². The highest BCUT2D eigenvalue weighted by molar-refractivity contribution is 9.10. The first-order valence-corrected chi connectivity index (χ1v) is 6.64. The molecule has 0 heterocycles. The molecule has 0 spiro atoms. The van der Waals surface area contributed by atoms with Crippen molar-refractivity contribution in [2.45, 2.75) is 19.8 Å². The Morgan fingerprint density at radius 3 is 2.79 bits per heavy atom. The van der Waals surface area contributed by atoms with Gasteiger partial charge in [-0.3, -0.25) is 9.59 Å². The first kappa shape index (κ1) is 15.6. The molecule has 1 aromatic rings. The van der Waals surface area contributed by atoms with E-state index < -0.39 is 11.8 Å². The fraction of sp³-hybridized carbons (Fsp3) is 0.385. The summed E-state index contributed by atoms with van der Waals surface area (Å²) >= 11 is 3.18. The second-order valence-electron chi connectivity index (χ2n) is 4.37. The van der Waals surface area contributed by atoms with Crippen LogP contribution in [-0.4, -0.2) is 23.5 Å². The molecule has 0 aliphatic heterocycles. The predicted molar refractivity (Wildman–Crippen MR) is 72.5 cm³/mol. The number of nitrogens with one attached hydrogen (secondary N) is 1. The van der Waals surface area contributed by atoms with E-state index in [2.05, 4.69) is 21.2 Å². The summed E-state index contributed by atoms with van der Waals surface area (Å²) in [6.07, 6.45) is 0.556. The van der Waals surface area contributed by atoms with Crippen molar-refractivity contribution in [3.63, 3.8) is 0 Å². The van der Waals surface area contributed by atoms with Gasteiger partial charge in [-0.2, -0.15) is 0 Å². The third kappa shape index (κ3) is 5.38. The molecule has 0 aromatic heterocycles. The maximum absolute atomic E-state index is 13.0. The quantitative estimate of drug-likeness (QED) is 0.842. The molecule has 1 atom stereocenters. The molecule has 0 bridgehead atoms. The number of carbonyl (C=O) groups excluding carboxylic acids is 1. The number of aliphatic carboxylic acids is 1. The lowest BCUT2D eigenvalue weighted by Crippen LogP contribution is -2.28. The number of carboxylic acid groups (broad SMARTS) is 1. The molecule has 0 saturated carbocycles. The van der Waals surface area contributed by atoms with Crippen LogP contribution in [0, 0.1) is 11.7 Å². The van der Waals surface area contributed by atoms with Crippen molar-refractivity contribution in [1.29, 1.82) is 0 Å². The smallest absolute Gasteiger partial charge is 0.303 e. The Labute approximate surface area is 119 Å². The van der Waals surface area contributed by atoms with Gasteiger partial charge in [0.2, 0.25) is 0 Å². The van der Waals surface area contributed by atoms with Gasteiger partial charge in [-0.25, -0.2) is 4.39 Å². The Morgan fingerprint density at radius 2 is 2.16 bits per heavy atom. The number of hydrogen-bond acceptors (Lipinski definition) is 2. The number of hydrogen-bond donors (Lipinski definition) is 2. The molecule has 1 unspecified atom stereocenters. The second kappa shape index (κ2) is 7.23. The summed E-state index contributed by atoms with van der Waals surface area (Å²) in [5.41, 5.74) is 0.227. The lowest BCUT2D eigenvalue weighted by molar-refractivity contribution is -0.137. The molecule has 1 rings (SSSR count). The second-order valence-corrected chi connectivity index (χ2v) is 5.23. The monoisotopic (exact) mass is 331 g/mol. The Balaban J connectivity index is 2.51. The van der Waals surface area contributed by atoms with Crippen molar-refractivity contribution in [3.8, 4) is 0 Å². The maximum Gasteiger partial charge on any atom is 0.303 e. The van der Waals surface area contributed by atoms with Gasteiger partial charge in [0.15, 0.2) is 0 Å². The number of carbonyl (C=O) groups is 2. The largest absolute Gasteiger partial charge is 0.481 e. The van der Waals surface area contributed by atoms with E-state index in [4.69, 9.17) is 5.11 Å². The standard InChI is InChI=1S/C13H15BrFNO3/c1-8(2-5-12(17)18)7-16-13(19)10-6-9(15)3-4-11(10)14/h3-4,6,8H,2,5,7H2,1H3,(H,16,19)(H,17,18). The minimum atomic E-state index is -0.856. The highest BCUT2D eigenvalue weighted by Gasteiger charge is 2.12. The number of benzene rings is 1. The molecule has 0 fully saturated rings. The van der Waals surface area contributed by atoms with Crippen LogP contribution in [0.25, 0.3) is 0 Å². The molecule has 19 heavy (non-hydrogen) atoms. The molecule has 0 saturated heterocycles. The van der Waals surface area contributed by atoms with E-state index in [0.29, 0.717) is 17.4 Å². The maximum atomic E-state index is 13.0. The average Bonchev–Trinajstić information content (AvgIpc) is 2.36. The van der Waals surface area contributed by atoms with Crippen LogP contribution >= 0.6 is 15.9 Å². The SMILES string of the molecule is CC(CCC(=O)O)CNC(=O)c1cc(F)ccc1Br. The van der Waals surface area contributed by atoms with Gasteiger partial charge >= 0.3 is 5.97 Å². The Hall–Kier alpha value is -1.43. The molecule has 104 valence electrons. The summed E-state index contributed by atoms with van der Waals surface area (Å²) in [4.78, 5) is 22.2. The summed E-state index contributed by atoms with van der Waals surface area (Å²) in [7, 11) is 0. The van der Waals surface area contributed by atoms with Gasteiger partial charge in [0.05, 0.1) is 5.56 Å². The van der Waals surface area contributed by atoms with Crippen LogP contribution in [0.3, 0.4) is 0 Å². The molecule has 0 aliphatic rings. The van der Waals surface area contributed by atoms with Crippen molar-refractivity contribution < 1.29 is 19.1 Å². The van der Waals surface area contributed by atoms with Gasteiger partial charge in [-0.05, 0) is 46.5 Å². The summed E-state index contributed by atoms with van der Waals surface area (Å²) in [5.74, 6) is -1.67. The van der Waals surface area contributed by atoms with Gasteiger partial charge in [0, 0.05) is 17.4 Å². The summed E-state index contributed by atoms with van der Waals surface area (Å²) < 4.78 is 13.6. The molecule has 2 N–H and O–H groups in total. The van der Waals surface area contributed by atoms with Gasteiger partial charge in [-0.15, -0.1) is 0 Å². The van der Waals surface area contributed by atoms with Crippen LogP contribution in [0.4, 0.5) is 4.39 Å². The van der Waals surface area contributed by atoms with E-state index in [0.717, 1.165) is 6.07 Å². The third-order valence-electron chi connectivity index (χ3n) is 2.64. The van der Waals surface area contributed by atoms with E-state index in [-0.39, 0.29) is 23.8 Å². The average molecular weight is 332 g/mol. The minimum absolute atomic E-state index is 0.0485. The van der Waals surface area contributed by atoms with Crippen LogP contribution in [0.15, 0.2) is 22.7 Å². The molecule has 0 radical (unpaired) electrons. The first-order chi connectivity index (χ1) is 8.90. The zero-order valence-corrected chi connectivity index (χ0v) is 12.0. The minimum Gasteiger partial charge on any atom is -0.481 e. The zero-order valence-electron chi connectivity index (χ0n) is 10.5. The number of carboxylic acids is 1. The number of amides is 1. The molecule has 4 nitrogen and oxygen atoms in total. The molecule has 6 heteroatoms. The molecular formula is C13H15BrFNO3. The number of halogens is 2.